The van der Waals surface area contributed by atoms with Gasteiger partial charge in [-0.1, -0.05) is 11.6 Å². The second kappa shape index (κ2) is 7.60. The fourth-order valence-electron chi connectivity index (χ4n) is 1.82. The van der Waals surface area contributed by atoms with Crippen molar-refractivity contribution in [2.45, 2.75) is 6.92 Å². The lowest BCUT2D eigenvalue weighted by Gasteiger charge is -2.12. The van der Waals surface area contributed by atoms with Gasteiger partial charge in [0.1, 0.15) is 5.75 Å². The van der Waals surface area contributed by atoms with Crippen molar-refractivity contribution in [2.75, 3.05) is 24.8 Å². The maximum atomic E-state index is 12.0. The third kappa shape index (κ3) is 4.11. The number of esters is 1. The molecule has 2 rings (SSSR count). The third-order valence-corrected chi connectivity index (χ3v) is 3.42. The molecule has 0 fully saturated rings. The molecular weight excluding hydrogens is 336 g/mol. The van der Waals surface area contributed by atoms with Gasteiger partial charge in [-0.15, -0.1) is 0 Å². The van der Waals surface area contributed by atoms with E-state index in [9.17, 15) is 9.59 Å². The Morgan fingerprint density at radius 3 is 2.67 bits per heavy atom. The highest BCUT2D eigenvalue weighted by molar-refractivity contribution is 6.31. The second-order valence-electron chi connectivity index (χ2n) is 4.72. The van der Waals surface area contributed by atoms with Crippen molar-refractivity contribution in [1.82, 2.24) is 9.97 Å². The third-order valence-electron chi connectivity index (χ3n) is 3.01. The van der Waals surface area contributed by atoms with E-state index >= 15 is 0 Å². The van der Waals surface area contributed by atoms with Crippen LogP contribution in [0, 0.1) is 6.92 Å². The summed E-state index contributed by atoms with van der Waals surface area (Å²) in [6, 6.07) is 3.24. The van der Waals surface area contributed by atoms with Crippen LogP contribution in [-0.2, 0) is 9.53 Å². The number of hydrogen-bond acceptors (Lipinski definition) is 7. The number of amides is 1. The van der Waals surface area contributed by atoms with Gasteiger partial charge >= 0.3 is 5.97 Å². The van der Waals surface area contributed by atoms with Gasteiger partial charge in [0.2, 0.25) is 0 Å². The Bertz CT molecular complexity index is 782. The minimum absolute atomic E-state index is 0.0714. The number of nitrogens with zero attached hydrogens (tertiary/aromatic N) is 2. The van der Waals surface area contributed by atoms with Crippen LogP contribution in [-0.4, -0.2) is 35.6 Å². The van der Waals surface area contributed by atoms with Gasteiger partial charge < -0.3 is 20.5 Å². The molecule has 126 valence electrons. The van der Waals surface area contributed by atoms with Crippen LogP contribution in [0.25, 0.3) is 0 Å². The molecule has 0 saturated carbocycles. The molecule has 0 radical (unpaired) electrons. The topological polar surface area (TPSA) is 116 Å². The summed E-state index contributed by atoms with van der Waals surface area (Å²) in [4.78, 5) is 31.3. The highest BCUT2D eigenvalue weighted by Crippen LogP contribution is 2.30. The number of benzene rings is 1. The quantitative estimate of drug-likeness (QED) is 0.790. The summed E-state index contributed by atoms with van der Waals surface area (Å²) in [6.07, 6.45) is 2.64. The van der Waals surface area contributed by atoms with Gasteiger partial charge in [0.25, 0.3) is 5.91 Å². The predicted octanol–water partition coefficient (Wildman–Crippen LogP) is 1.82. The van der Waals surface area contributed by atoms with E-state index in [1.165, 1.54) is 19.5 Å². The van der Waals surface area contributed by atoms with Crippen molar-refractivity contribution in [3.05, 3.63) is 40.8 Å². The SMILES string of the molecule is COc1cc(Cl)c(C)cc1NC(=O)COC(=O)c1nccnc1N. The first-order valence-electron chi connectivity index (χ1n) is 6.80. The Kier molecular flexibility index (Phi) is 5.54. The van der Waals surface area contributed by atoms with Gasteiger partial charge in [-0.25, -0.2) is 14.8 Å². The molecule has 1 aromatic carbocycles. The van der Waals surface area contributed by atoms with E-state index in [1.54, 1.807) is 19.1 Å². The van der Waals surface area contributed by atoms with Gasteiger partial charge in [-0.3, -0.25) is 4.79 Å². The summed E-state index contributed by atoms with van der Waals surface area (Å²) in [5, 5.41) is 3.09. The van der Waals surface area contributed by atoms with Crippen molar-refractivity contribution in [2.24, 2.45) is 0 Å². The lowest BCUT2D eigenvalue weighted by atomic mass is 10.2. The summed E-state index contributed by atoms with van der Waals surface area (Å²) >= 11 is 6.00. The Hall–Kier alpha value is -2.87. The second-order valence-corrected chi connectivity index (χ2v) is 5.12. The summed E-state index contributed by atoms with van der Waals surface area (Å²) in [5.41, 5.74) is 6.55. The van der Waals surface area contributed by atoms with Crippen LogP contribution in [0.15, 0.2) is 24.5 Å². The molecule has 8 nitrogen and oxygen atoms in total. The molecule has 0 aliphatic carbocycles. The molecule has 1 amide bonds. The van der Waals surface area contributed by atoms with Crippen molar-refractivity contribution in [1.29, 1.82) is 0 Å². The minimum Gasteiger partial charge on any atom is -0.495 e. The molecule has 0 unspecified atom stereocenters. The summed E-state index contributed by atoms with van der Waals surface area (Å²) in [6.45, 7) is 1.27. The standard InChI is InChI=1S/C15H15ClN4O4/c1-8-5-10(11(23-2)6-9(8)16)20-12(21)7-24-15(22)13-14(17)19-4-3-18-13/h3-6H,7H2,1-2H3,(H2,17,19)(H,20,21). The summed E-state index contributed by atoms with van der Waals surface area (Å²) < 4.78 is 10.0. The highest BCUT2D eigenvalue weighted by atomic mass is 35.5. The average molecular weight is 351 g/mol. The Labute approximate surface area is 142 Å². The Morgan fingerprint density at radius 1 is 1.29 bits per heavy atom. The van der Waals surface area contributed by atoms with E-state index in [2.05, 4.69) is 15.3 Å². The first-order chi connectivity index (χ1) is 11.4. The van der Waals surface area contributed by atoms with E-state index in [4.69, 9.17) is 26.8 Å². The van der Waals surface area contributed by atoms with Crippen molar-refractivity contribution in [3.8, 4) is 5.75 Å². The zero-order valence-corrected chi connectivity index (χ0v) is 13.8. The number of aryl methyl sites for hydroxylation is 1. The normalized spacial score (nSPS) is 10.1. The van der Waals surface area contributed by atoms with E-state index in [0.717, 1.165) is 5.56 Å². The minimum atomic E-state index is -0.838. The van der Waals surface area contributed by atoms with Gasteiger partial charge in [-0.2, -0.15) is 0 Å². The maximum absolute atomic E-state index is 12.0. The first kappa shape index (κ1) is 17.5. The molecule has 3 N–H and O–H groups in total. The number of carbonyl (C=O) groups excluding carboxylic acids is 2. The molecule has 1 heterocycles. The highest BCUT2D eigenvalue weighted by Gasteiger charge is 2.16. The van der Waals surface area contributed by atoms with Crippen molar-refractivity contribution >= 4 is 35.0 Å². The predicted molar refractivity (Wildman–Crippen MR) is 88.1 cm³/mol. The number of anilines is 2. The van der Waals surface area contributed by atoms with Crippen molar-refractivity contribution < 1.29 is 19.1 Å². The van der Waals surface area contributed by atoms with Crippen molar-refractivity contribution in [3.63, 3.8) is 0 Å². The Morgan fingerprint density at radius 2 is 2.00 bits per heavy atom. The Balaban J connectivity index is 2.00. The molecule has 0 aliphatic heterocycles. The largest absolute Gasteiger partial charge is 0.495 e. The average Bonchev–Trinajstić information content (AvgIpc) is 2.56. The van der Waals surface area contributed by atoms with E-state index in [-0.39, 0.29) is 11.5 Å². The van der Waals surface area contributed by atoms with Gasteiger partial charge in [-0.05, 0) is 18.6 Å². The van der Waals surface area contributed by atoms with Gasteiger partial charge in [0.05, 0.1) is 12.8 Å². The van der Waals surface area contributed by atoms with Crippen LogP contribution in [0.2, 0.25) is 5.02 Å². The zero-order valence-electron chi connectivity index (χ0n) is 13.0. The summed E-state index contributed by atoms with van der Waals surface area (Å²) in [5.74, 6) is -1.07. The van der Waals surface area contributed by atoms with E-state index < -0.39 is 18.5 Å². The first-order valence-corrected chi connectivity index (χ1v) is 7.17. The molecule has 0 saturated heterocycles. The van der Waals surface area contributed by atoms with Crippen LogP contribution in [0.1, 0.15) is 16.1 Å². The molecule has 0 spiro atoms. The maximum Gasteiger partial charge on any atom is 0.361 e. The van der Waals surface area contributed by atoms with Crippen LogP contribution in [0.5, 0.6) is 5.75 Å². The van der Waals surface area contributed by atoms with E-state index in [1.807, 2.05) is 0 Å². The fourth-order valence-corrected chi connectivity index (χ4v) is 1.98. The van der Waals surface area contributed by atoms with Crippen LogP contribution < -0.4 is 15.8 Å². The number of nitrogens with one attached hydrogen (secondary N) is 1. The number of methoxy groups -OCH3 is 1. The number of hydrogen-bond donors (Lipinski definition) is 2. The van der Waals surface area contributed by atoms with Crippen LogP contribution >= 0.6 is 11.6 Å². The van der Waals surface area contributed by atoms with E-state index in [0.29, 0.717) is 16.5 Å². The molecule has 24 heavy (non-hydrogen) atoms. The number of halogens is 1. The molecule has 0 atom stereocenters. The smallest absolute Gasteiger partial charge is 0.361 e. The van der Waals surface area contributed by atoms with Gasteiger partial charge in [0, 0.05) is 23.5 Å². The number of nitrogen functional groups attached to an aromatic ring is 1. The zero-order chi connectivity index (χ0) is 17.7. The van der Waals surface area contributed by atoms with Crippen LogP contribution in [0.3, 0.4) is 0 Å². The lowest BCUT2D eigenvalue weighted by Crippen LogP contribution is -2.22. The summed E-state index contributed by atoms with van der Waals surface area (Å²) in [7, 11) is 1.45. The molecular formula is C15H15ClN4O4. The number of aromatic nitrogens is 2. The molecule has 0 bridgehead atoms. The number of carbonyl (C=O) groups is 2. The van der Waals surface area contributed by atoms with Gasteiger partial charge in [0.15, 0.2) is 18.1 Å². The van der Waals surface area contributed by atoms with Crippen LogP contribution in [0.4, 0.5) is 11.5 Å². The molecule has 9 heteroatoms. The fraction of sp³-hybridized carbons (Fsp3) is 0.200. The number of rotatable bonds is 5. The lowest BCUT2D eigenvalue weighted by molar-refractivity contribution is -0.119. The monoisotopic (exact) mass is 350 g/mol. The number of ether oxygens (including phenoxy) is 2. The molecule has 0 aliphatic rings. The molecule has 2 aromatic rings. The number of nitrogens with two attached hydrogens (primary N) is 1. The molecule has 1 aromatic heterocycles.